The zero-order valence-corrected chi connectivity index (χ0v) is 21.0. The normalized spacial score (nSPS) is 14.8. The summed E-state index contributed by atoms with van der Waals surface area (Å²) in [5.74, 6) is 1.24. The Balaban J connectivity index is 1.51. The molecule has 35 heavy (non-hydrogen) atoms. The van der Waals surface area contributed by atoms with Crippen LogP contribution in [0.15, 0.2) is 54.6 Å². The molecular weight excluding hydrogens is 460 g/mol. The predicted molar refractivity (Wildman–Crippen MR) is 143 cm³/mol. The summed E-state index contributed by atoms with van der Waals surface area (Å²) in [5.41, 5.74) is 10.0. The van der Waals surface area contributed by atoms with Gasteiger partial charge in [0.15, 0.2) is 5.65 Å². The summed E-state index contributed by atoms with van der Waals surface area (Å²) in [6.45, 7) is 6.38. The van der Waals surface area contributed by atoms with E-state index in [1.54, 1.807) is 0 Å². The lowest BCUT2D eigenvalue weighted by Crippen LogP contribution is -2.48. The lowest BCUT2D eigenvalue weighted by Gasteiger charge is -2.35. The van der Waals surface area contributed by atoms with Crippen molar-refractivity contribution in [3.05, 3.63) is 65.2 Å². The van der Waals surface area contributed by atoms with Crippen molar-refractivity contribution in [2.75, 3.05) is 64.0 Å². The Kier molecular flexibility index (Phi) is 6.86. The minimum Gasteiger partial charge on any atom is -0.383 e. The number of rotatable bonds is 7. The third kappa shape index (κ3) is 5.24. The molecule has 0 spiro atoms. The smallest absolute Gasteiger partial charge is 0.228 e. The van der Waals surface area contributed by atoms with E-state index in [9.17, 15) is 0 Å². The average Bonchev–Trinajstić information content (AvgIpc) is 3.18. The molecule has 0 atom stereocenters. The van der Waals surface area contributed by atoms with Gasteiger partial charge in [0, 0.05) is 49.9 Å². The topological polar surface area (TPSA) is 79.3 Å². The molecule has 182 valence electrons. The Morgan fingerprint density at radius 1 is 0.971 bits per heavy atom. The van der Waals surface area contributed by atoms with Crippen LogP contribution in [0.25, 0.3) is 22.3 Å². The number of benzene rings is 2. The first-order valence-electron chi connectivity index (χ1n) is 11.9. The molecule has 9 heteroatoms. The molecule has 2 aromatic heterocycles. The van der Waals surface area contributed by atoms with Gasteiger partial charge in [-0.25, -0.2) is 9.67 Å². The molecule has 4 aromatic rings. The Morgan fingerprint density at radius 2 is 1.74 bits per heavy atom. The first-order valence-corrected chi connectivity index (χ1v) is 12.3. The van der Waals surface area contributed by atoms with Gasteiger partial charge < -0.3 is 15.5 Å². The molecule has 0 amide bonds. The number of hydrogen-bond donors (Lipinski definition) is 1. The van der Waals surface area contributed by atoms with E-state index in [2.05, 4.69) is 40.9 Å². The van der Waals surface area contributed by atoms with Crippen molar-refractivity contribution >= 4 is 34.4 Å². The summed E-state index contributed by atoms with van der Waals surface area (Å²) in [7, 11) is 4.22. The highest BCUT2D eigenvalue weighted by atomic mass is 35.5. The van der Waals surface area contributed by atoms with E-state index in [1.807, 2.05) is 47.1 Å². The zero-order valence-electron chi connectivity index (χ0n) is 20.2. The van der Waals surface area contributed by atoms with E-state index in [0.29, 0.717) is 29.0 Å². The first kappa shape index (κ1) is 23.5. The summed E-state index contributed by atoms with van der Waals surface area (Å²) in [4.78, 5) is 16.8. The number of nitrogens with zero attached hydrogens (tertiary/aromatic N) is 7. The van der Waals surface area contributed by atoms with E-state index >= 15 is 0 Å². The third-order valence-corrected chi connectivity index (χ3v) is 6.65. The van der Waals surface area contributed by atoms with Crippen LogP contribution in [-0.4, -0.2) is 82.9 Å². The first-order chi connectivity index (χ1) is 17.0. The highest BCUT2D eigenvalue weighted by Gasteiger charge is 2.24. The maximum Gasteiger partial charge on any atom is 0.228 e. The standard InChI is InChI=1S/C26H31ClN8/c1-32(2)11-12-33-13-15-34(16-14-33)26-29-23(20-9-6-10-21(27)17-20)22-24(28)35(31-25(22)30-26)18-19-7-4-3-5-8-19/h3-10,17H,11-16,18,28H2,1-2H3. The molecule has 2 N–H and O–H groups in total. The number of halogens is 1. The average molecular weight is 491 g/mol. The zero-order chi connectivity index (χ0) is 24.4. The second-order valence-electron chi connectivity index (χ2n) is 9.24. The van der Waals surface area contributed by atoms with Gasteiger partial charge in [0.2, 0.25) is 5.95 Å². The van der Waals surface area contributed by atoms with Gasteiger partial charge in [-0.05, 0) is 31.8 Å². The van der Waals surface area contributed by atoms with Crippen LogP contribution >= 0.6 is 11.6 Å². The molecule has 5 rings (SSSR count). The number of nitrogen functional groups attached to an aromatic ring is 1. The third-order valence-electron chi connectivity index (χ3n) is 6.42. The van der Waals surface area contributed by atoms with Crippen molar-refractivity contribution in [3.8, 4) is 11.3 Å². The van der Waals surface area contributed by atoms with Gasteiger partial charge in [-0.2, -0.15) is 4.98 Å². The summed E-state index contributed by atoms with van der Waals surface area (Å²) >= 11 is 6.34. The van der Waals surface area contributed by atoms with Crippen LogP contribution in [0.1, 0.15) is 5.56 Å². The number of fused-ring (bicyclic) bond motifs is 1. The Bertz CT molecular complexity index is 1300. The number of aromatic nitrogens is 4. The Morgan fingerprint density at radius 3 is 2.46 bits per heavy atom. The van der Waals surface area contributed by atoms with E-state index < -0.39 is 0 Å². The minimum absolute atomic E-state index is 0.555. The summed E-state index contributed by atoms with van der Waals surface area (Å²) in [6.07, 6.45) is 0. The molecule has 1 fully saturated rings. The van der Waals surface area contributed by atoms with Crippen LogP contribution in [0.2, 0.25) is 5.02 Å². The van der Waals surface area contributed by atoms with Crippen molar-refractivity contribution in [1.29, 1.82) is 0 Å². The van der Waals surface area contributed by atoms with Crippen molar-refractivity contribution in [2.45, 2.75) is 6.54 Å². The van der Waals surface area contributed by atoms with E-state index in [1.165, 1.54) is 0 Å². The largest absolute Gasteiger partial charge is 0.383 e. The van der Waals surface area contributed by atoms with Gasteiger partial charge in [0.05, 0.1) is 17.6 Å². The molecule has 0 bridgehead atoms. The molecule has 0 saturated carbocycles. The lowest BCUT2D eigenvalue weighted by atomic mass is 10.1. The highest BCUT2D eigenvalue weighted by molar-refractivity contribution is 6.30. The van der Waals surface area contributed by atoms with Crippen LogP contribution < -0.4 is 10.6 Å². The summed E-state index contributed by atoms with van der Waals surface area (Å²) in [6, 6.07) is 17.9. The number of likely N-dealkylation sites (N-methyl/N-ethyl adjacent to an activating group) is 1. The molecule has 1 aliphatic rings. The van der Waals surface area contributed by atoms with Gasteiger partial charge in [0.1, 0.15) is 5.82 Å². The van der Waals surface area contributed by atoms with Crippen LogP contribution in [0.5, 0.6) is 0 Å². The molecule has 0 aliphatic carbocycles. The minimum atomic E-state index is 0.555. The monoisotopic (exact) mass is 490 g/mol. The van der Waals surface area contributed by atoms with Crippen LogP contribution in [0.4, 0.5) is 11.8 Å². The van der Waals surface area contributed by atoms with Crippen LogP contribution in [0, 0.1) is 0 Å². The number of anilines is 2. The van der Waals surface area contributed by atoms with Crippen molar-refractivity contribution in [2.24, 2.45) is 0 Å². The molecular formula is C26H31ClN8. The van der Waals surface area contributed by atoms with Gasteiger partial charge in [-0.15, -0.1) is 5.10 Å². The maximum atomic E-state index is 6.63. The van der Waals surface area contributed by atoms with Gasteiger partial charge in [0.25, 0.3) is 0 Å². The van der Waals surface area contributed by atoms with E-state index in [4.69, 9.17) is 32.4 Å². The fourth-order valence-corrected chi connectivity index (χ4v) is 4.61. The lowest BCUT2D eigenvalue weighted by molar-refractivity contribution is 0.229. The van der Waals surface area contributed by atoms with Crippen LogP contribution in [-0.2, 0) is 6.54 Å². The molecule has 3 heterocycles. The maximum absolute atomic E-state index is 6.63. The summed E-state index contributed by atoms with van der Waals surface area (Å²) < 4.78 is 1.81. The second-order valence-corrected chi connectivity index (χ2v) is 9.68. The Hall–Kier alpha value is -3.20. The van der Waals surface area contributed by atoms with E-state index in [-0.39, 0.29) is 0 Å². The molecule has 0 radical (unpaired) electrons. The molecule has 1 saturated heterocycles. The molecule has 8 nitrogen and oxygen atoms in total. The fraction of sp³-hybridized carbons (Fsp3) is 0.346. The van der Waals surface area contributed by atoms with Gasteiger partial charge in [-0.3, -0.25) is 4.90 Å². The van der Waals surface area contributed by atoms with Crippen molar-refractivity contribution < 1.29 is 0 Å². The van der Waals surface area contributed by atoms with Crippen LogP contribution in [0.3, 0.4) is 0 Å². The van der Waals surface area contributed by atoms with Gasteiger partial charge >= 0.3 is 0 Å². The van der Waals surface area contributed by atoms with E-state index in [0.717, 1.165) is 61.5 Å². The second kappa shape index (κ2) is 10.2. The SMILES string of the molecule is CN(C)CCN1CCN(c2nc(-c3cccc(Cl)c3)c3c(N)n(Cc4ccccc4)nc3n2)CC1. The molecule has 0 unspecified atom stereocenters. The highest BCUT2D eigenvalue weighted by Crippen LogP contribution is 2.33. The van der Waals surface area contributed by atoms with Crippen molar-refractivity contribution in [1.82, 2.24) is 29.5 Å². The summed E-state index contributed by atoms with van der Waals surface area (Å²) in [5, 5.41) is 6.21. The number of piperazine rings is 1. The molecule has 2 aromatic carbocycles. The van der Waals surface area contributed by atoms with Gasteiger partial charge in [-0.1, -0.05) is 54.1 Å². The predicted octanol–water partition coefficient (Wildman–Crippen LogP) is 3.46. The molecule has 1 aliphatic heterocycles. The fourth-order valence-electron chi connectivity index (χ4n) is 4.42. The van der Waals surface area contributed by atoms with Crippen molar-refractivity contribution in [3.63, 3.8) is 0 Å². The quantitative estimate of drug-likeness (QED) is 0.425. The number of hydrogen-bond acceptors (Lipinski definition) is 7. The Labute approximate surface area is 210 Å². The number of nitrogens with two attached hydrogens (primary N) is 1.